The molecule has 0 spiro atoms. The van der Waals surface area contributed by atoms with E-state index in [-0.39, 0.29) is 0 Å². The van der Waals surface area contributed by atoms with Gasteiger partial charge in [0.2, 0.25) is 0 Å². The van der Waals surface area contributed by atoms with E-state index in [1.807, 2.05) is 14.0 Å². The number of nitrogens with zero attached hydrogens (tertiary/aromatic N) is 1. The minimum atomic E-state index is -0.779. The Balaban J connectivity index is 2.30. The van der Waals surface area contributed by atoms with Crippen LogP contribution in [0.5, 0.6) is 0 Å². The third kappa shape index (κ3) is 5.48. The van der Waals surface area contributed by atoms with Crippen molar-refractivity contribution in [3.63, 3.8) is 0 Å². The summed E-state index contributed by atoms with van der Waals surface area (Å²) in [7, 11) is 1.97. The highest BCUT2D eigenvalue weighted by molar-refractivity contribution is 5.73. The first-order valence-corrected chi connectivity index (χ1v) is 6.36. The van der Waals surface area contributed by atoms with E-state index in [1.54, 1.807) is 0 Å². The molecular weight excluding hydrogens is 220 g/mol. The van der Waals surface area contributed by atoms with Crippen LogP contribution in [0.3, 0.4) is 0 Å². The first-order valence-electron chi connectivity index (χ1n) is 6.36. The van der Waals surface area contributed by atoms with Gasteiger partial charge in [0.25, 0.3) is 0 Å². The molecule has 1 aliphatic heterocycles. The van der Waals surface area contributed by atoms with Crippen LogP contribution < -0.4 is 5.32 Å². The Morgan fingerprint density at radius 2 is 2.41 bits per heavy atom. The lowest BCUT2D eigenvalue weighted by Gasteiger charge is -2.28. The summed E-state index contributed by atoms with van der Waals surface area (Å²) in [4.78, 5) is 13.1. The van der Waals surface area contributed by atoms with E-state index in [2.05, 4.69) is 10.2 Å². The summed E-state index contributed by atoms with van der Waals surface area (Å²) in [6.07, 6.45) is 2.30. The number of aliphatic carboxylic acids is 1. The van der Waals surface area contributed by atoms with Crippen molar-refractivity contribution in [2.75, 3.05) is 39.9 Å². The van der Waals surface area contributed by atoms with Gasteiger partial charge < -0.3 is 20.1 Å². The van der Waals surface area contributed by atoms with Gasteiger partial charge in [0.1, 0.15) is 6.04 Å². The molecule has 0 aromatic heterocycles. The lowest BCUT2D eigenvalue weighted by atomic mass is 10.0. The summed E-state index contributed by atoms with van der Waals surface area (Å²) >= 11 is 0. The number of nitrogens with one attached hydrogen (secondary N) is 1. The van der Waals surface area contributed by atoms with Gasteiger partial charge in [0.05, 0.1) is 6.61 Å². The van der Waals surface area contributed by atoms with Crippen molar-refractivity contribution in [2.24, 2.45) is 5.92 Å². The minimum absolute atomic E-state index is 0.477. The first kappa shape index (κ1) is 14.4. The van der Waals surface area contributed by atoms with E-state index in [0.717, 1.165) is 26.2 Å². The molecule has 1 rings (SSSR count). The van der Waals surface area contributed by atoms with Crippen molar-refractivity contribution in [3.05, 3.63) is 0 Å². The third-order valence-corrected chi connectivity index (χ3v) is 3.07. The lowest BCUT2D eigenvalue weighted by molar-refractivity contribution is -0.140. The quantitative estimate of drug-likeness (QED) is 0.679. The van der Waals surface area contributed by atoms with Gasteiger partial charge in [-0.1, -0.05) is 6.92 Å². The standard InChI is InChI=1S/C12H24N2O3/c1-3-13-11(12(15)16)8-14(2)7-10-5-4-6-17-9-10/h10-11,13H,3-9H2,1-2H3,(H,15,16). The molecule has 100 valence electrons. The molecule has 2 unspecified atom stereocenters. The molecule has 0 aromatic rings. The van der Waals surface area contributed by atoms with Crippen LogP contribution in [0.15, 0.2) is 0 Å². The van der Waals surface area contributed by atoms with Gasteiger partial charge in [-0.3, -0.25) is 4.79 Å². The number of hydrogen-bond acceptors (Lipinski definition) is 4. The van der Waals surface area contributed by atoms with Crippen LogP contribution in [0, 0.1) is 5.92 Å². The average Bonchev–Trinajstić information content (AvgIpc) is 2.29. The number of carboxylic acid groups (broad SMARTS) is 1. The second kappa shape index (κ2) is 7.63. The second-order valence-corrected chi connectivity index (χ2v) is 4.75. The fraction of sp³-hybridized carbons (Fsp3) is 0.917. The van der Waals surface area contributed by atoms with E-state index < -0.39 is 12.0 Å². The monoisotopic (exact) mass is 244 g/mol. The zero-order valence-corrected chi connectivity index (χ0v) is 10.8. The molecule has 0 amide bonds. The van der Waals surface area contributed by atoms with Gasteiger partial charge >= 0.3 is 5.97 Å². The van der Waals surface area contributed by atoms with Gasteiger partial charge in [-0.05, 0) is 32.4 Å². The molecule has 5 heteroatoms. The van der Waals surface area contributed by atoms with Crippen LogP contribution in [0.4, 0.5) is 0 Å². The molecule has 0 aromatic carbocycles. The molecule has 1 fully saturated rings. The number of carbonyl (C=O) groups is 1. The van der Waals surface area contributed by atoms with Crippen molar-refractivity contribution < 1.29 is 14.6 Å². The van der Waals surface area contributed by atoms with Crippen LogP contribution in [0.1, 0.15) is 19.8 Å². The number of ether oxygens (including phenoxy) is 1. The molecule has 1 aliphatic rings. The topological polar surface area (TPSA) is 61.8 Å². The van der Waals surface area contributed by atoms with Crippen molar-refractivity contribution >= 4 is 5.97 Å². The summed E-state index contributed by atoms with van der Waals surface area (Å²) in [5.74, 6) is -0.233. The zero-order valence-electron chi connectivity index (χ0n) is 10.8. The Morgan fingerprint density at radius 3 is 2.94 bits per heavy atom. The Labute approximate surface area is 103 Å². The first-order chi connectivity index (χ1) is 8.13. The molecule has 2 atom stereocenters. The maximum Gasteiger partial charge on any atom is 0.322 e. The number of carboxylic acids is 1. The molecular formula is C12H24N2O3. The van der Waals surface area contributed by atoms with Crippen molar-refractivity contribution in [3.8, 4) is 0 Å². The molecule has 2 N–H and O–H groups in total. The smallest absolute Gasteiger partial charge is 0.322 e. The summed E-state index contributed by atoms with van der Waals surface area (Å²) < 4.78 is 5.42. The number of hydrogen-bond donors (Lipinski definition) is 2. The molecule has 1 heterocycles. The highest BCUT2D eigenvalue weighted by atomic mass is 16.5. The molecule has 0 aliphatic carbocycles. The van der Waals surface area contributed by atoms with E-state index in [9.17, 15) is 4.79 Å². The Bertz CT molecular complexity index is 230. The highest BCUT2D eigenvalue weighted by Gasteiger charge is 2.21. The van der Waals surface area contributed by atoms with Crippen LogP contribution in [-0.4, -0.2) is 61.9 Å². The zero-order chi connectivity index (χ0) is 12.7. The molecule has 0 saturated carbocycles. The van der Waals surface area contributed by atoms with Crippen LogP contribution in [0.25, 0.3) is 0 Å². The molecule has 0 bridgehead atoms. The summed E-state index contributed by atoms with van der Waals surface area (Å²) in [5.41, 5.74) is 0. The van der Waals surface area contributed by atoms with Gasteiger partial charge in [-0.15, -0.1) is 0 Å². The molecule has 1 saturated heterocycles. The van der Waals surface area contributed by atoms with Crippen LogP contribution in [0.2, 0.25) is 0 Å². The Morgan fingerprint density at radius 1 is 1.65 bits per heavy atom. The minimum Gasteiger partial charge on any atom is -0.480 e. The van der Waals surface area contributed by atoms with E-state index in [1.165, 1.54) is 6.42 Å². The van der Waals surface area contributed by atoms with Gasteiger partial charge in [-0.25, -0.2) is 0 Å². The molecule has 17 heavy (non-hydrogen) atoms. The van der Waals surface area contributed by atoms with Crippen LogP contribution >= 0.6 is 0 Å². The van der Waals surface area contributed by atoms with Gasteiger partial charge in [-0.2, -0.15) is 0 Å². The van der Waals surface area contributed by atoms with E-state index in [0.29, 0.717) is 19.0 Å². The van der Waals surface area contributed by atoms with Crippen LogP contribution in [-0.2, 0) is 9.53 Å². The van der Waals surface area contributed by atoms with E-state index >= 15 is 0 Å². The fourth-order valence-electron chi connectivity index (χ4n) is 2.25. The number of likely N-dealkylation sites (N-methyl/N-ethyl adjacent to an activating group) is 2. The van der Waals surface area contributed by atoms with Crippen molar-refractivity contribution in [2.45, 2.75) is 25.8 Å². The Hall–Kier alpha value is -0.650. The SMILES string of the molecule is CCNC(CN(C)CC1CCCOC1)C(=O)O. The van der Waals surface area contributed by atoms with E-state index in [4.69, 9.17) is 9.84 Å². The fourth-order valence-corrected chi connectivity index (χ4v) is 2.25. The van der Waals surface area contributed by atoms with Crippen molar-refractivity contribution in [1.82, 2.24) is 10.2 Å². The van der Waals surface area contributed by atoms with Gasteiger partial charge in [0.15, 0.2) is 0 Å². The maximum absolute atomic E-state index is 11.0. The predicted molar refractivity (Wildman–Crippen MR) is 66.1 cm³/mol. The highest BCUT2D eigenvalue weighted by Crippen LogP contribution is 2.14. The average molecular weight is 244 g/mol. The van der Waals surface area contributed by atoms with Gasteiger partial charge in [0, 0.05) is 19.7 Å². The second-order valence-electron chi connectivity index (χ2n) is 4.75. The summed E-state index contributed by atoms with van der Waals surface area (Å²) in [5, 5.41) is 12.0. The molecule has 5 nitrogen and oxygen atoms in total. The normalized spacial score (nSPS) is 22.6. The van der Waals surface area contributed by atoms with Crippen molar-refractivity contribution in [1.29, 1.82) is 0 Å². The largest absolute Gasteiger partial charge is 0.480 e. The molecule has 0 radical (unpaired) electrons. The lowest BCUT2D eigenvalue weighted by Crippen LogP contribution is -2.46. The summed E-state index contributed by atoms with van der Waals surface area (Å²) in [6.45, 7) is 5.73. The maximum atomic E-state index is 11.0. The third-order valence-electron chi connectivity index (χ3n) is 3.07. The Kier molecular flexibility index (Phi) is 6.47. The predicted octanol–water partition coefficient (Wildman–Crippen LogP) is 0.408. The summed E-state index contributed by atoms with van der Waals surface area (Å²) in [6, 6.07) is -0.477. The number of rotatable bonds is 7.